The van der Waals surface area contributed by atoms with Crippen molar-refractivity contribution in [3.05, 3.63) is 54.6 Å². The van der Waals surface area contributed by atoms with Crippen LogP contribution in [0.3, 0.4) is 0 Å². The summed E-state index contributed by atoms with van der Waals surface area (Å²) in [5.41, 5.74) is 0. The molecule has 3 aromatic rings. The molecule has 0 spiro atoms. The van der Waals surface area contributed by atoms with Crippen LogP contribution < -0.4 is 5.30 Å². The third kappa shape index (κ3) is 2.43. The number of rotatable bonds is 3. The summed E-state index contributed by atoms with van der Waals surface area (Å²) < 4.78 is 5.46. The molecular weight excluding hydrogens is 283 g/mol. The van der Waals surface area contributed by atoms with Crippen molar-refractivity contribution in [1.29, 1.82) is 0 Å². The predicted molar refractivity (Wildman–Crippen MR) is 90.0 cm³/mol. The fourth-order valence-electron chi connectivity index (χ4n) is 2.92. The minimum atomic E-state index is -4.39. The summed E-state index contributed by atoms with van der Waals surface area (Å²) in [5.74, 6) is 0. The molecule has 0 radical (unpaired) electrons. The van der Waals surface area contributed by atoms with E-state index in [0.29, 0.717) is 5.30 Å². The molecule has 0 aliphatic carbocycles. The molecule has 0 bridgehead atoms. The molecule has 0 saturated carbocycles. The summed E-state index contributed by atoms with van der Waals surface area (Å²) in [4.78, 5) is 21.8. The van der Waals surface area contributed by atoms with Crippen molar-refractivity contribution in [2.24, 2.45) is 0 Å². The van der Waals surface area contributed by atoms with Gasteiger partial charge in [0.25, 0.3) is 0 Å². The van der Waals surface area contributed by atoms with E-state index in [1.807, 2.05) is 48.5 Å². The van der Waals surface area contributed by atoms with Gasteiger partial charge in [-0.25, -0.2) is 0 Å². The molecule has 3 rings (SSSR count). The van der Waals surface area contributed by atoms with Gasteiger partial charge in [0.2, 0.25) is 0 Å². The molecule has 3 nitrogen and oxygen atoms in total. The van der Waals surface area contributed by atoms with Crippen LogP contribution in [-0.4, -0.2) is 23.1 Å². The van der Waals surface area contributed by atoms with Crippen molar-refractivity contribution in [3.8, 4) is 0 Å². The molecule has 0 heterocycles. The summed E-state index contributed by atoms with van der Waals surface area (Å²) in [6, 6.07) is 17.5. The summed E-state index contributed by atoms with van der Waals surface area (Å²) in [6.45, 7) is 3.44. The van der Waals surface area contributed by atoms with Gasteiger partial charge in [0.05, 0.1) is 0 Å². The number of fused-ring (bicyclic) bond motifs is 2. The Kier molecular flexibility index (Phi) is 3.27. The molecular formula is C17H19O3P. The summed E-state index contributed by atoms with van der Waals surface area (Å²) in [5, 5.41) is 4.12. The maximum atomic E-state index is 10.9. The van der Waals surface area contributed by atoms with Crippen LogP contribution in [0.4, 0.5) is 0 Å². The van der Waals surface area contributed by atoms with Gasteiger partial charge in [-0.3, -0.25) is 0 Å². The van der Waals surface area contributed by atoms with E-state index in [2.05, 4.69) is 6.07 Å². The van der Waals surface area contributed by atoms with Gasteiger partial charge in [-0.2, -0.15) is 0 Å². The topological polar surface area (TPSA) is 49.7 Å². The summed E-state index contributed by atoms with van der Waals surface area (Å²) in [6.07, 6.45) is 0. The van der Waals surface area contributed by atoms with E-state index in [1.54, 1.807) is 6.92 Å². The molecule has 110 valence electrons. The number of benzene rings is 3. The zero-order chi connectivity index (χ0) is 15.1. The zero-order valence-corrected chi connectivity index (χ0v) is 13.0. The Morgan fingerprint density at radius 3 is 1.86 bits per heavy atom. The van der Waals surface area contributed by atoms with Gasteiger partial charge in [-0.1, -0.05) is 0 Å². The van der Waals surface area contributed by atoms with Gasteiger partial charge in [-0.15, -0.1) is 0 Å². The third-order valence-corrected chi connectivity index (χ3v) is 6.08. The quantitative estimate of drug-likeness (QED) is 0.574. The first-order chi connectivity index (χ1) is 9.91. The van der Waals surface area contributed by atoms with E-state index in [-0.39, 0.29) is 6.61 Å². The fraction of sp³-hybridized carbons (Fsp3) is 0.176. The first kappa shape index (κ1) is 14.4. The van der Waals surface area contributed by atoms with E-state index in [4.69, 9.17) is 4.52 Å². The van der Waals surface area contributed by atoms with E-state index >= 15 is 0 Å². The zero-order valence-electron chi connectivity index (χ0n) is 12.2. The van der Waals surface area contributed by atoms with Crippen molar-refractivity contribution >= 4 is 34.1 Å². The van der Waals surface area contributed by atoms with Crippen LogP contribution in [0.15, 0.2) is 54.6 Å². The first-order valence-electron chi connectivity index (χ1n) is 6.98. The summed E-state index contributed by atoms with van der Waals surface area (Å²) in [7, 11) is -4.39. The number of hydrogen-bond acceptors (Lipinski definition) is 3. The van der Waals surface area contributed by atoms with Gasteiger partial charge >= 0.3 is 123 Å². The molecule has 0 aromatic heterocycles. The van der Waals surface area contributed by atoms with Crippen LogP contribution in [0.5, 0.6) is 0 Å². The van der Waals surface area contributed by atoms with E-state index in [9.17, 15) is 9.79 Å². The second kappa shape index (κ2) is 4.75. The number of hydrogen-bond donors (Lipinski definition) is 2. The van der Waals surface area contributed by atoms with Crippen LogP contribution in [0.2, 0.25) is 0 Å². The molecule has 0 fully saturated rings. The minimum absolute atomic E-state index is 0.249. The fourth-order valence-corrected chi connectivity index (χ4v) is 5.18. The molecule has 0 unspecified atom stereocenters. The molecule has 4 heteroatoms. The molecule has 0 aliphatic heterocycles. The normalized spacial score (nSPS) is 14.2. The second-order valence-corrected chi connectivity index (χ2v) is 8.84. The standard InChI is InChI=1S/C17H19O3P/c1-3-20-21(2,18,19)17-15-10-6-4-8-13(15)12-14-9-5-7-11-16(14)17/h4-12,18-19H,3H2,1-2H3. The SMILES string of the molecule is CCOP(C)(O)(O)c1c2ccccc2cc2ccccc12. The van der Waals surface area contributed by atoms with Gasteiger partial charge < -0.3 is 0 Å². The molecule has 0 amide bonds. The molecule has 21 heavy (non-hydrogen) atoms. The molecule has 3 aromatic carbocycles. The molecule has 0 aliphatic rings. The van der Waals surface area contributed by atoms with Gasteiger partial charge in [0.1, 0.15) is 0 Å². The van der Waals surface area contributed by atoms with Crippen molar-refractivity contribution in [1.82, 2.24) is 0 Å². The molecule has 0 saturated heterocycles. The van der Waals surface area contributed by atoms with Crippen LogP contribution in [-0.2, 0) is 4.52 Å². The average Bonchev–Trinajstić information content (AvgIpc) is 2.43. The van der Waals surface area contributed by atoms with Crippen molar-refractivity contribution < 1.29 is 14.3 Å². The van der Waals surface area contributed by atoms with E-state index in [1.165, 1.54) is 6.66 Å². The Hall–Kier alpha value is -1.51. The Bertz CT molecular complexity index is 764. The van der Waals surface area contributed by atoms with Crippen molar-refractivity contribution in [2.75, 3.05) is 13.3 Å². The predicted octanol–water partition coefficient (Wildman–Crippen LogP) is 3.57. The average molecular weight is 302 g/mol. The van der Waals surface area contributed by atoms with Crippen molar-refractivity contribution in [3.63, 3.8) is 0 Å². The van der Waals surface area contributed by atoms with Gasteiger partial charge in [0, 0.05) is 0 Å². The Morgan fingerprint density at radius 1 is 0.905 bits per heavy atom. The van der Waals surface area contributed by atoms with Crippen LogP contribution in [0.1, 0.15) is 6.92 Å². The second-order valence-electron chi connectivity index (χ2n) is 5.44. The van der Waals surface area contributed by atoms with Gasteiger partial charge in [-0.05, 0) is 0 Å². The van der Waals surface area contributed by atoms with Crippen LogP contribution in [0.25, 0.3) is 21.5 Å². The Balaban J connectivity index is 2.52. The monoisotopic (exact) mass is 302 g/mol. The first-order valence-corrected chi connectivity index (χ1v) is 9.49. The molecule has 0 atom stereocenters. The van der Waals surface area contributed by atoms with Crippen molar-refractivity contribution in [2.45, 2.75) is 6.92 Å². The third-order valence-electron chi connectivity index (χ3n) is 3.70. The summed E-state index contributed by atoms with van der Waals surface area (Å²) >= 11 is 0. The van der Waals surface area contributed by atoms with Crippen LogP contribution in [0, 0.1) is 0 Å². The van der Waals surface area contributed by atoms with Gasteiger partial charge in [0.15, 0.2) is 0 Å². The van der Waals surface area contributed by atoms with E-state index in [0.717, 1.165) is 21.5 Å². The Morgan fingerprint density at radius 2 is 1.38 bits per heavy atom. The molecule has 2 N–H and O–H groups in total. The maximum absolute atomic E-state index is 10.9. The Labute approximate surface area is 124 Å². The van der Waals surface area contributed by atoms with E-state index < -0.39 is 7.28 Å². The van der Waals surface area contributed by atoms with Crippen LogP contribution >= 0.6 is 7.28 Å².